The summed E-state index contributed by atoms with van der Waals surface area (Å²) in [5.41, 5.74) is 5.68. The van der Waals surface area contributed by atoms with E-state index >= 15 is 0 Å². The number of aryl methyl sites for hydroxylation is 2. The van der Waals surface area contributed by atoms with E-state index in [1.807, 2.05) is 6.20 Å². The second-order valence-corrected chi connectivity index (χ2v) is 8.58. The van der Waals surface area contributed by atoms with Crippen molar-refractivity contribution in [3.05, 3.63) is 47.3 Å². The molecule has 0 spiro atoms. The first kappa shape index (κ1) is 23.5. The largest absolute Gasteiger partial charge is 0.355 e. The van der Waals surface area contributed by atoms with Gasteiger partial charge >= 0.3 is 0 Å². The van der Waals surface area contributed by atoms with Crippen molar-refractivity contribution < 1.29 is 9.47 Å². The third-order valence-electron chi connectivity index (χ3n) is 6.72. The number of imidazole rings is 1. The van der Waals surface area contributed by atoms with Crippen molar-refractivity contribution in [2.24, 2.45) is 12.0 Å². The van der Waals surface area contributed by atoms with Gasteiger partial charge in [-0.2, -0.15) is 0 Å². The van der Waals surface area contributed by atoms with Gasteiger partial charge in [-0.1, -0.05) is 5.57 Å². The number of hydrogen-bond acceptors (Lipinski definition) is 5. The Morgan fingerprint density at radius 2 is 1.91 bits per heavy atom. The lowest BCUT2D eigenvalue weighted by Crippen LogP contribution is -2.45. The highest BCUT2D eigenvalue weighted by molar-refractivity contribution is 5.81. The van der Waals surface area contributed by atoms with Crippen LogP contribution >= 0.6 is 0 Å². The van der Waals surface area contributed by atoms with Gasteiger partial charge in [0.2, 0.25) is 0 Å². The summed E-state index contributed by atoms with van der Waals surface area (Å²) in [6, 6.07) is 2.27. The maximum Gasteiger partial charge on any atom is 0.191 e. The monoisotopic (exact) mass is 455 g/mol. The van der Waals surface area contributed by atoms with Crippen molar-refractivity contribution in [3.63, 3.8) is 0 Å². The molecule has 2 aromatic rings. The van der Waals surface area contributed by atoms with Gasteiger partial charge < -0.3 is 34.1 Å². The summed E-state index contributed by atoms with van der Waals surface area (Å²) < 4.78 is 15.0. The number of ether oxygens (including phenoxy) is 2. The van der Waals surface area contributed by atoms with Crippen LogP contribution in [0.5, 0.6) is 0 Å². The summed E-state index contributed by atoms with van der Waals surface area (Å²) in [5, 5.41) is 6.62. The molecule has 0 aliphatic carbocycles. The Labute approximate surface area is 196 Å². The van der Waals surface area contributed by atoms with E-state index in [9.17, 15) is 0 Å². The number of aliphatic imine (C=N–C) groups is 1. The van der Waals surface area contributed by atoms with Crippen molar-refractivity contribution in [1.82, 2.24) is 29.7 Å². The molecule has 0 saturated carbocycles. The number of methoxy groups -OCH3 is 2. The number of fused-ring (bicyclic) bond motifs is 2. The molecule has 33 heavy (non-hydrogen) atoms. The zero-order valence-electron chi connectivity index (χ0n) is 20.3. The van der Waals surface area contributed by atoms with Gasteiger partial charge in [-0.05, 0) is 18.9 Å². The predicted octanol–water partition coefficient (Wildman–Crippen LogP) is 1.46. The van der Waals surface area contributed by atoms with Crippen LogP contribution in [0.1, 0.15) is 29.9 Å². The van der Waals surface area contributed by atoms with Gasteiger partial charge in [0.15, 0.2) is 12.2 Å². The van der Waals surface area contributed by atoms with Crippen LogP contribution in [0.4, 0.5) is 0 Å². The fourth-order valence-electron chi connectivity index (χ4n) is 4.81. The van der Waals surface area contributed by atoms with Gasteiger partial charge in [-0.15, -0.1) is 0 Å². The Kier molecular flexibility index (Phi) is 7.85. The Hall–Kier alpha value is -2.62. The van der Waals surface area contributed by atoms with Crippen molar-refractivity contribution in [2.75, 3.05) is 54.0 Å². The molecule has 0 bridgehead atoms. The number of likely N-dealkylation sites (tertiary alicyclic amines) is 1. The van der Waals surface area contributed by atoms with Gasteiger partial charge in [0, 0.05) is 103 Å². The number of hydrogen-bond donors (Lipinski definition) is 2. The second-order valence-electron chi connectivity index (χ2n) is 8.58. The molecule has 180 valence electrons. The number of nitrogens with one attached hydrogen (secondary N) is 2. The Bertz CT molecular complexity index is 977. The maximum absolute atomic E-state index is 5.21. The molecular formula is C24H37N7O2. The highest BCUT2D eigenvalue weighted by Gasteiger charge is 2.26. The molecule has 1 fully saturated rings. The number of piperidine rings is 1. The highest BCUT2D eigenvalue weighted by Crippen LogP contribution is 2.35. The number of nitrogens with zero attached hydrogens (tertiary/aromatic N) is 5. The minimum Gasteiger partial charge on any atom is -0.355 e. The average Bonchev–Trinajstić information content (AvgIpc) is 3.41. The molecule has 0 aromatic carbocycles. The first-order valence-corrected chi connectivity index (χ1v) is 11.7. The molecular weight excluding hydrogens is 418 g/mol. The van der Waals surface area contributed by atoms with E-state index in [1.54, 1.807) is 21.3 Å². The van der Waals surface area contributed by atoms with Crippen molar-refractivity contribution in [3.8, 4) is 0 Å². The topological polar surface area (TPSA) is 80.9 Å². The lowest BCUT2D eigenvalue weighted by Gasteiger charge is -2.30. The summed E-state index contributed by atoms with van der Waals surface area (Å²) >= 11 is 0. The average molecular weight is 456 g/mol. The second kappa shape index (κ2) is 11.0. The van der Waals surface area contributed by atoms with Crippen molar-refractivity contribution >= 4 is 11.5 Å². The lowest BCUT2D eigenvalue weighted by atomic mass is 9.92. The quantitative estimate of drug-likeness (QED) is 0.374. The van der Waals surface area contributed by atoms with Gasteiger partial charge in [-0.3, -0.25) is 4.99 Å². The smallest absolute Gasteiger partial charge is 0.191 e. The van der Waals surface area contributed by atoms with E-state index in [0.29, 0.717) is 6.54 Å². The molecule has 4 heterocycles. The van der Waals surface area contributed by atoms with E-state index in [0.717, 1.165) is 63.8 Å². The third-order valence-corrected chi connectivity index (χ3v) is 6.72. The third kappa shape index (κ3) is 5.31. The van der Waals surface area contributed by atoms with E-state index in [-0.39, 0.29) is 6.29 Å². The Morgan fingerprint density at radius 1 is 1.12 bits per heavy atom. The molecule has 0 atom stereocenters. The zero-order valence-corrected chi connectivity index (χ0v) is 20.3. The standard InChI is InChI=1S/C24H37N7O2/c1-25-24(28-17-21(32-3)33-4)27-9-15-30-12-5-18(6-13-30)22-19-7-11-29(2)20(19)8-14-31-16-10-26-23(22)31/h7,10-11,16,21H,5-6,8-9,12-15,17H2,1-4H3,(H2,25,27,28). The van der Waals surface area contributed by atoms with Crippen LogP contribution < -0.4 is 10.6 Å². The number of guanidine groups is 1. The fraction of sp³-hybridized carbons (Fsp3) is 0.583. The molecule has 1 saturated heterocycles. The summed E-state index contributed by atoms with van der Waals surface area (Å²) in [5.74, 6) is 1.89. The van der Waals surface area contributed by atoms with E-state index in [4.69, 9.17) is 14.5 Å². The molecule has 2 aromatic heterocycles. The number of rotatable bonds is 7. The van der Waals surface area contributed by atoms with Crippen molar-refractivity contribution in [1.29, 1.82) is 0 Å². The SMILES string of the molecule is CN=C(NCCN1CCC(=C2c3ccn(C)c3CCn3ccnc32)CC1)NCC(OC)OC. The van der Waals surface area contributed by atoms with Crippen LogP contribution in [-0.4, -0.2) is 85.3 Å². The van der Waals surface area contributed by atoms with Crippen LogP contribution in [0.15, 0.2) is 35.2 Å². The van der Waals surface area contributed by atoms with E-state index in [1.165, 1.54) is 22.4 Å². The Morgan fingerprint density at radius 3 is 2.64 bits per heavy atom. The summed E-state index contributed by atoms with van der Waals surface area (Å²) in [6.45, 7) is 5.47. The molecule has 9 nitrogen and oxygen atoms in total. The van der Waals surface area contributed by atoms with Crippen LogP contribution in [0.3, 0.4) is 0 Å². The molecule has 0 unspecified atom stereocenters. The molecule has 4 rings (SSSR count). The number of aromatic nitrogens is 3. The molecule has 2 aliphatic heterocycles. The predicted molar refractivity (Wildman–Crippen MR) is 130 cm³/mol. The lowest BCUT2D eigenvalue weighted by molar-refractivity contribution is -0.0966. The van der Waals surface area contributed by atoms with Crippen molar-refractivity contribution in [2.45, 2.75) is 32.1 Å². The molecule has 9 heteroatoms. The van der Waals surface area contributed by atoms with Crippen LogP contribution in [0, 0.1) is 0 Å². The fourth-order valence-corrected chi connectivity index (χ4v) is 4.81. The maximum atomic E-state index is 5.21. The molecule has 2 N–H and O–H groups in total. The minimum atomic E-state index is -0.290. The minimum absolute atomic E-state index is 0.290. The summed E-state index contributed by atoms with van der Waals surface area (Å²) in [6.07, 6.45) is 9.15. The van der Waals surface area contributed by atoms with E-state index in [2.05, 4.69) is 55.2 Å². The van der Waals surface area contributed by atoms with Crippen LogP contribution in [0.25, 0.3) is 5.57 Å². The molecule has 2 aliphatic rings. The van der Waals surface area contributed by atoms with Gasteiger partial charge in [0.05, 0.1) is 6.54 Å². The Balaban J connectivity index is 1.35. The van der Waals surface area contributed by atoms with Crippen LogP contribution in [0.2, 0.25) is 0 Å². The normalized spacial score (nSPS) is 17.2. The summed E-state index contributed by atoms with van der Waals surface area (Å²) in [4.78, 5) is 11.6. The van der Waals surface area contributed by atoms with Gasteiger partial charge in [0.25, 0.3) is 0 Å². The molecule has 0 amide bonds. The van der Waals surface area contributed by atoms with Gasteiger partial charge in [0.1, 0.15) is 5.82 Å². The first-order chi connectivity index (χ1) is 16.1. The first-order valence-electron chi connectivity index (χ1n) is 11.7. The highest BCUT2D eigenvalue weighted by atomic mass is 16.7. The van der Waals surface area contributed by atoms with Crippen LogP contribution in [-0.2, 0) is 29.5 Å². The zero-order chi connectivity index (χ0) is 23.2. The summed E-state index contributed by atoms with van der Waals surface area (Å²) in [7, 11) is 7.19. The van der Waals surface area contributed by atoms with E-state index < -0.39 is 0 Å². The molecule has 0 radical (unpaired) electrons. The van der Waals surface area contributed by atoms with Gasteiger partial charge in [-0.25, -0.2) is 4.98 Å².